The van der Waals surface area contributed by atoms with Crippen molar-refractivity contribution >= 4 is 34.0 Å². The van der Waals surface area contributed by atoms with E-state index >= 15 is 0 Å². The molecule has 2 fully saturated rings. The average Bonchev–Trinajstić information content (AvgIpc) is 3.59. The van der Waals surface area contributed by atoms with Crippen molar-refractivity contribution in [3.05, 3.63) is 94.5 Å². The number of hydrogen-bond donors (Lipinski definition) is 2. The molecule has 0 bridgehead atoms. The van der Waals surface area contributed by atoms with Crippen LogP contribution >= 0.6 is 0 Å². The maximum atomic E-state index is 13.4. The number of anilines is 2. The minimum Gasteiger partial charge on any atom is -0.440 e. The summed E-state index contributed by atoms with van der Waals surface area (Å²) in [6.45, 7) is 17.6. The Bertz CT molecular complexity index is 1750. The number of benzene rings is 2. The van der Waals surface area contributed by atoms with Crippen LogP contribution in [0.25, 0.3) is 22.1 Å². The summed E-state index contributed by atoms with van der Waals surface area (Å²) >= 11 is 0. The van der Waals surface area contributed by atoms with Gasteiger partial charge in [0.05, 0.1) is 5.39 Å². The predicted molar refractivity (Wildman–Crippen MR) is 201 cm³/mol. The van der Waals surface area contributed by atoms with E-state index in [2.05, 4.69) is 34.3 Å². The van der Waals surface area contributed by atoms with Gasteiger partial charge in [-0.15, -0.1) is 0 Å². The predicted octanol–water partition coefficient (Wildman–Crippen LogP) is 8.92. The Labute approximate surface area is 285 Å². The molecule has 1 aliphatic heterocycles. The lowest BCUT2D eigenvalue weighted by Gasteiger charge is -2.27. The second-order valence-corrected chi connectivity index (χ2v) is 13.1. The Morgan fingerprint density at radius 3 is 2.44 bits per heavy atom. The highest BCUT2D eigenvalue weighted by Gasteiger charge is 2.34. The minimum atomic E-state index is -0.0329. The molecule has 48 heavy (non-hydrogen) atoms. The number of allylic oxidation sites excluding steroid dienone is 4. The van der Waals surface area contributed by atoms with Gasteiger partial charge in [0.2, 0.25) is 0 Å². The maximum Gasteiger partial charge on any atom is 0.200 e. The number of hydrogen-bond acceptors (Lipinski definition) is 7. The number of nitrogens with one attached hydrogen (secondary N) is 2. The smallest absolute Gasteiger partial charge is 0.200 e. The van der Waals surface area contributed by atoms with Gasteiger partial charge in [-0.05, 0) is 85.4 Å². The fraction of sp³-hybridized carbons (Fsp3) is 0.439. The lowest BCUT2D eigenvalue weighted by molar-refractivity contribution is -0.119. The Kier molecular flexibility index (Phi) is 11.9. The van der Waals surface area contributed by atoms with E-state index in [0.29, 0.717) is 34.5 Å². The number of fused-ring (bicyclic) bond motifs is 1. The first-order valence-corrected chi connectivity index (χ1v) is 17.9. The van der Waals surface area contributed by atoms with Crippen LogP contribution in [-0.4, -0.2) is 37.7 Å². The standard InChI is InChI=1S/C39H46N4O3.C2H6/c1-5-27-23-34(38(45)25(2)3)31(28-9-6-7-10-28)17-18-35(27)42-26(4)41-30-15-13-29(14-16-30)32-11-8-12-33-36(44)24-37(46-39(32)33)43-21-19-40-20-22-43;1-2/h5,8,11-16,23-25,28,31,40-41H,4,6-7,9-10,17-22H2,1-3H3;1-2H3/b27-5-,42-35-;. The quantitative estimate of drug-likeness (QED) is 0.254. The lowest BCUT2D eigenvalue weighted by Crippen LogP contribution is -2.43. The van der Waals surface area contributed by atoms with Crippen molar-refractivity contribution in [1.29, 1.82) is 0 Å². The molecule has 3 aliphatic rings. The SMILES string of the molecule is C=C(/N=C1/CCC(C2CCCC2)C(C(=O)C(C)C)=C/C1=C/C)Nc1ccc(-c2cccc3c(=O)cc(N4CCNCC4)oc23)cc1.CC. The molecule has 2 aliphatic carbocycles. The highest BCUT2D eigenvalue weighted by atomic mass is 16.4. The number of nitrogens with zero attached hydrogens (tertiary/aromatic N) is 2. The first kappa shape index (κ1) is 35.1. The summed E-state index contributed by atoms with van der Waals surface area (Å²) in [7, 11) is 0. The largest absolute Gasteiger partial charge is 0.440 e. The molecule has 2 aromatic carbocycles. The Balaban J connectivity index is 0.00000221. The van der Waals surface area contributed by atoms with Crippen LogP contribution < -0.4 is 21.0 Å². The van der Waals surface area contributed by atoms with Crippen LogP contribution in [0.5, 0.6) is 0 Å². The molecule has 3 aromatic rings. The number of piperazine rings is 1. The molecule has 1 unspecified atom stereocenters. The van der Waals surface area contributed by atoms with Crippen LogP contribution in [0.3, 0.4) is 0 Å². The molecule has 7 nitrogen and oxygen atoms in total. The maximum absolute atomic E-state index is 13.4. The molecule has 0 spiro atoms. The van der Waals surface area contributed by atoms with Gasteiger partial charge in [0.25, 0.3) is 0 Å². The normalized spacial score (nSPS) is 20.4. The fourth-order valence-electron chi connectivity index (χ4n) is 7.28. The summed E-state index contributed by atoms with van der Waals surface area (Å²) in [4.78, 5) is 33.5. The van der Waals surface area contributed by atoms with Crippen molar-refractivity contribution in [1.82, 2.24) is 5.32 Å². The highest BCUT2D eigenvalue weighted by molar-refractivity contribution is 6.07. The highest BCUT2D eigenvalue weighted by Crippen LogP contribution is 2.41. The summed E-state index contributed by atoms with van der Waals surface area (Å²) in [6.07, 6.45) is 10.9. The van der Waals surface area contributed by atoms with E-state index in [1.807, 2.05) is 77.1 Å². The molecule has 0 radical (unpaired) electrons. The molecule has 6 rings (SSSR count). The number of rotatable bonds is 8. The zero-order valence-corrected chi connectivity index (χ0v) is 29.4. The van der Waals surface area contributed by atoms with Crippen LogP contribution in [0.1, 0.15) is 73.1 Å². The van der Waals surface area contributed by atoms with Gasteiger partial charge in [0, 0.05) is 55.1 Å². The van der Waals surface area contributed by atoms with E-state index in [0.717, 1.165) is 72.7 Å². The van der Waals surface area contributed by atoms with Gasteiger partial charge in [-0.25, -0.2) is 4.99 Å². The molecule has 1 aromatic heterocycles. The first-order chi connectivity index (χ1) is 23.3. The van der Waals surface area contributed by atoms with Crippen molar-refractivity contribution in [2.45, 2.75) is 73.1 Å². The average molecular weight is 649 g/mol. The number of carbonyl (C=O) groups is 1. The second-order valence-electron chi connectivity index (χ2n) is 13.1. The first-order valence-electron chi connectivity index (χ1n) is 17.9. The minimum absolute atomic E-state index is 0.0227. The molecule has 7 heteroatoms. The van der Waals surface area contributed by atoms with E-state index in [4.69, 9.17) is 9.41 Å². The van der Waals surface area contributed by atoms with Crippen LogP contribution in [0, 0.1) is 17.8 Å². The van der Waals surface area contributed by atoms with Gasteiger partial charge < -0.3 is 20.0 Å². The molecule has 1 atom stereocenters. The summed E-state index contributed by atoms with van der Waals surface area (Å²) < 4.78 is 6.37. The molecule has 254 valence electrons. The fourth-order valence-corrected chi connectivity index (χ4v) is 7.28. The summed E-state index contributed by atoms with van der Waals surface area (Å²) in [5.74, 6) is 2.29. The van der Waals surface area contributed by atoms with Crippen LogP contribution in [-0.2, 0) is 4.79 Å². The molecule has 0 amide bonds. The van der Waals surface area contributed by atoms with Crippen LogP contribution in [0.15, 0.2) is 98.4 Å². The van der Waals surface area contributed by atoms with Crippen LogP contribution in [0.4, 0.5) is 11.6 Å². The summed E-state index contributed by atoms with van der Waals surface area (Å²) in [6, 6.07) is 15.4. The van der Waals surface area contributed by atoms with E-state index in [9.17, 15) is 9.59 Å². The topological polar surface area (TPSA) is 86.9 Å². The summed E-state index contributed by atoms with van der Waals surface area (Å²) in [5, 5.41) is 7.29. The van der Waals surface area contributed by atoms with Crippen LogP contribution in [0.2, 0.25) is 0 Å². The van der Waals surface area contributed by atoms with Gasteiger partial charge in [-0.1, -0.05) is 77.5 Å². The van der Waals surface area contributed by atoms with Gasteiger partial charge in [-0.2, -0.15) is 0 Å². The van der Waals surface area contributed by atoms with E-state index in [1.165, 1.54) is 25.7 Å². The van der Waals surface area contributed by atoms with Crippen molar-refractivity contribution in [2.24, 2.45) is 22.7 Å². The number of Topliss-reactive ketones (excluding diaryl/α,β-unsaturated/α-hetero) is 1. The molecule has 2 heterocycles. The van der Waals surface area contributed by atoms with E-state index < -0.39 is 0 Å². The van der Waals surface area contributed by atoms with Gasteiger partial charge >= 0.3 is 0 Å². The number of carbonyl (C=O) groups excluding carboxylic acids is 1. The molecule has 1 saturated carbocycles. The monoisotopic (exact) mass is 648 g/mol. The zero-order valence-electron chi connectivity index (χ0n) is 29.4. The molecular formula is C41H52N4O3. The molecule has 1 saturated heterocycles. The third kappa shape index (κ3) is 7.90. The van der Waals surface area contributed by atoms with E-state index in [-0.39, 0.29) is 17.1 Å². The third-order valence-corrected chi connectivity index (χ3v) is 9.75. The zero-order chi connectivity index (χ0) is 34.2. The third-order valence-electron chi connectivity index (χ3n) is 9.75. The Morgan fingerprint density at radius 2 is 1.77 bits per heavy atom. The Hall–Kier alpha value is -4.23. The Morgan fingerprint density at radius 1 is 1.06 bits per heavy atom. The van der Waals surface area contributed by atoms with Crippen molar-refractivity contribution in [3.63, 3.8) is 0 Å². The second kappa shape index (κ2) is 16.2. The molecule has 2 N–H and O–H groups in total. The number of ketones is 1. The number of para-hydroxylation sites is 1. The van der Waals surface area contributed by atoms with Gasteiger partial charge in [-0.3, -0.25) is 9.59 Å². The van der Waals surface area contributed by atoms with E-state index in [1.54, 1.807) is 6.07 Å². The lowest BCUT2D eigenvalue weighted by atomic mass is 9.78. The van der Waals surface area contributed by atoms with Gasteiger partial charge in [0.15, 0.2) is 17.1 Å². The number of aliphatic imine (C=N–C) groups is 1. The van der Waals surface area contributed by atoms with Crippen molar-refractivity contribution in [3.8, 4) is 11.1 Å². The summed E-state index contributed by atoms with van der Waals surface area (Å²) in [5.41, 5.74) is 6.24. The van der Waals surface area contributed by atoms with Gasteiger partial charge in [0.1, 0.15) is 11.4 Å². The van der Waals surface area contributed by atoms with Crippen molar-refractivity contribution < 1.29 is 9.21 Å². The molecular weight excluding hydrogens is 596 g/mol. The van der Waals surface area contributed by atoms with Crippen molar-refractivity contribution in [2.75, 3.05) is 36.4 Å².